The number of esters is 1. The lowest BCUT2D eigenvalue weighted by molar-refractivity contribution is -0.144. The fourth-order valence-corrected chi connectivity index (χ4v) is 4.85. The molecule has 4 atom stereocenters. The maximum Gasteiger partial charge on any atom is 0.309 e. The second kappa shape index (κ2) is 5.92. The van der Waals surface area contributed by atoms with Gasteiger partial charge in [-0.25, -0.2) is 0 Å². The van der Waals surface area contributed by atoms with Gasteiger partial charge in [0.25, 0.3) is 0 Å². The molecule has 20 heavy (non-hydrogen) atoms. The quantitative estimate of drug-likeness (QED) is 0.453. The van der Waals surface area contributed by atoms with E-state index in [2.05, 4.69) is 6.92 Å². The highest BCUT2D eigenvalue weighted by molar-refractivity contribution is 8.02. The molecule has 4 heteroatoms. The van der Waals surface area contributed by atoms with Crippen molar-refractivity contribution in [2.24, 2.45) is 17.8 Å². The third-order valence-electron chi connectivity index (χ3n) is 4.87. The monoisotopic (exact) mass is 294 g/mol. The SMILES string of the molecule is CCCCS/C=C1\CC2OC(=O)C3CCCC(C1=O)C23. The number of thioether (sulfide) groups is 1. The van der Waals surface area contributed by atoms with Crippen molar-refractivity contribution in [2.45, 2.75) is 51.6 Å². The maximum absolute atomic E-state index is 12.6. The van der Waals surface area contributed by atoms with Gasteiger partial charge in [0.05, 0.1) is 5.92 Å². The number of unbranched alkanes of at least 4 members (excludes halogenated alkanes) is 1. The molecule has 3 aliphatic rings. The molecule has 2 saturated carbocycles. The van der Waals surface area contributed by atoms with E-state index in [0.717, 1.165) is 30.6 Å². The zero-order valence-electron chi connectivity index (χ0n) is 12.0. The van der Waals surface area contributed by atoms with Crippen molar-refractivity contribution in [1.29, 1.82) is 0 Å². The highest BCUT2D eigenvalue weighted by Crippen LogP contribution is 2.49. The Balaban J connectivity index is 1.74. The van der Waals surface area contributed by atoms with Crippen LogP contribution in [-0.2, 0) is 14.3 Å². The molecule has 4 unspecified atom stereocenters. The molecule has 0 spiro atoms. The Morgan fingerprint density at radius 3 is 2.90 bits per heavy atom. The molecule has 0 radical (unpaired) electrons. The van der Waals surface area contributed by atoms with Crippen LogP contribution in [0.15, 0.2) is 11.0 Å². The van der Waals surface area contributed by atoms with Crippen molar-refractivity contribution in [3.63, 3.8) is 0 Å². The first kappa shape index (κ1) is 14.2. The minimum absolute atomic E-state index is 0.00278. The van der Waals surface area contributed by atoms with E-state index < -0.39 is 0 Å². The lowest BCUT2D eigenvalue weighted by atomic mass is 9.64. The van der Waals surface area contributed by atoms with Crippen molar-refractivity contribution >= 4 is 23.5 Å². The Kier molecular flexibility index (Phi) is 4.20. The van der Waals surface area contributed by atoms with Crippen molar-refractivity contribution in [3.05, 3.63) is 11.0 Å². The van der Waals surface area contributed by atoms with Gasteiger partial charge in [0.2, 0.25) is 0 Å². The summed E-state index contributed by atoms with van der Waals surface area (Å²) in [5.41, 5.74) is 0.896. The predicted octanol–water partition coefficient (Wildman–Crippen LogP) is 3.33. The van der Waals surface area contributed by atoms with E-state index in [1.807, 2.05) is 5.41 Å². The highest BCUT2D eigenvalue weighted by Gasteiger charge is 2.55. The van der Waals surface area contributed by atoms with Crippen LogP contribution >= 0.6 is 11.8 Å². The number of ketones is 1. The summed E-state index contributed by atoms with van der Waals surface area (Å²) >= 11 is 1.73. The molecular weight excluding hydrogens is 272 g/mol. The standard InChI is InChI=1S/C16H22O3S/c1-2-3-7-20-9-10-8-13-14-11(15(10)17)5-4-6-12(14)16(18)19-13/h9,11-14H,2-8H2,1H3/b10-9+. The summed E-state index contributed by atoms with van der Waals surface area (Å²) in [7, 11) is 0. The average molecular weight is 294 g/mol. The lowest BCUT2D eigenvalue weighted by Crippen LogP contribution is -2.42. The van der Waals surface area contributed by atoms with E-state index >= 15 is 0 Å². The first-order valence-electron chi connectivity index (χ1n) is 7.77. The smallest absolute Gasteiger partial charge is 0.309 e. The largest absolute Gasteiger partial charge is 0.461 e. The number of Topliss-reactive ketones (excluding diaryl/α,β-unsaturated/α-hetero) is 1. The van der Waals surface area contributed by atoms with Crippen LogP contribution in [0.3, 0.4) is 0 Å². The van der Waals surface area contributed by atoms with Crippen LogP contribution in [0.5, 0.6) is 0 Å². The second-order valence-electron chi connectivity index (χ2n) is 6.13. The number of carbonyl (C=O) groups is 2. The summed E-state index contributed by atoms with van der Waals surface area (Å²) in [4.78, 5) is 24.5. The van der Waals surface area contributed by atoms with Crippen LogP contribution in [0.25, 0.3) is 0 Å². The minimum atomic E-state index is -0.0580. The highest BCUT2D eigenvalue weighted by atomic mass is 32.2. The Morgan fingerprint density at radius 1 is 1.30 bits per heavy atom. The van der Waals surface area contributed by atoms with Gasteiger partial charge in [0, 0.05) is 23.8 Å². The van der Waals surface area contributed by atoms with Gasteiger partial charge < -0.3 is 4.74 Å². The molecule has 1 heterocycles. The molecule has 0 N–H and O–H groups in total. The van der Waals surface area contributed by atoms with Gasteiger partial charge in [-0.3, -0.25) is 9.59 Å². The summed E-state index contributed by atoms with van der Waals surface area (Å²) in [5.74, 6) is 1.50. The van der Waals surface area contributed by atoms with Crippen LogP contribution in [0.1, 0.15) is 45.4 Å². The van der Waals surface area contributed by atoms with Gasteiger partial charge in [-0.15, -0.1) is 11.8 Å². The van der Waals surface area contributed by atoms with Crippen molar-refractivity contribution in [3.8, 4) is 0 Å². The van der Waals surface area contributed by atoms with Crippen LogP contribution in [0.4, 0.5) is 0 Å². The second-order valence-corrected chi connectivity index (χ2v) is 7.11. The van der Waals surface area contributed by atoms with Gasteiger partial charge in [-0.1, -0.05) is 19.8 Å². The van der Waals surface area contributed by atoms with E-state index in [9.17, 15) is 9.59 Å². The molecule has 1 saturated heterocycles. The van der Waals surface area contributed by atoms with Gasteiger partial charge >= 0.3 is 5.97 Å². The minimum Gasteiger partial charge on any atom is -0.461 e. The molecule has 1 aliphatic heterocycles. The number of hydrogen-bond acceptors (Lipinski definition) is 4. The summed E-state index contributed by atoms with van der Waals surface area (Å²) in [6, 6.07) is 0. The molecular formula is C16H22O3S. The Morgan fingerprint density at radius 2 is 2.10 bits per heavy atom. The van der Waals surface area contributed by atoms with Crippen LogP contribution < -0.4 is 0 Å². The van der Waals surface area contributed by atoms with Crippen molar-refractivity contribution in [2.75, 3.05) is 5.75 Å². The summed E-state index contributed by atoms with van der Waals surface area (Å²) in [5, 5.41) is 2.03. The molecule has 2 aliphatic carbocycles. The molecule has 0 bridgehead atoms. The van der Waals surface area contributed by atoms with Gasteiger partial charge in [-0.05, 0) is 30.4 Å². The normalized spacial score (nSPS) is 38.0. The topological polar surface area (TPSA) is 43.4 Å². The first-order valence-corrected chi connectivity index (χ1v) is 8.82. The zero-order valence-corrected chi connectivity index (χ0v) is 12.8. The number of carbonyl (C=O) groups excluding carboxylic acids is 2. The average Bonchev–Trinajstić information content (AvgIpc) is 2.78. The van der Waals surface area contributed by atoms with E-state index in [1.165, 1.54) is 12.8 Å². The lowest BCUT2D eigenvalue weighted by Gasteiger charge is -2.37. The van der Waals surface area contributed by atoms with E-state index in [-0.39, 0.29) is 29.8 Å². The van der Waals surface area contributed by atoms with Gasteiger partial charge in [-0.2, -0.15) is 0 Å². The number of ether oxygens (including phenoxy) is 1. The molecule has 3 nitrogen and oxygen atoms in total. The van der Waals surface area contributed by atoms with Crippen LogP contribution in [-0.4, -0.2) is 23.6 Å². The molecule has 0 aromatic rings. The van der Waals surface area contributed by atoms with Gasteiger partial charge in [0.15, 0.2) is 5.78 Å². The van der Waals surface area contributed by atoms with Crippen LogP contribution in [0, 0.1) is 17.8 Å². The van der Waals surface area contributed by atoms with E-state index in [0.29, 0.717) is 12.2 Å². The Hall–Kier alpha value is -0.770. The third-order valence-corrected chi connectivity index (χ3v) is 5.85. The van der Waals surface area contributed by atoms with E-state index in [4.69, 9.17) is 4.74 Å². The molecule has 0 aromatic heterocycles. The summed E-state index contributed by atoms with van der Waals surface area (Å²) < 4.78 is 5.54. The molecule has 3 rings (SSSR count). The summed E-state index contributed by atoms with van der Waals surface area (Å²) in [6.45, 7) is 2.17. The molecule has 110 valence electrons. The van der Waals surface area contributed by atoms with Crippen molar-refractivity contribution < 1.29 is 14.3 Å². The fourth-order valence-electron chi connectivity index (χ4n) is 3.86. The molecule has 0 amide bonds. The van der Waals surface area contributed by atoms with Gasteiger partial charge in [0.1, 0.15) is 6.10 Å². The Labute approximate surface area is 124 Å². The first-order chi connectivity index (χ1) is 9.72. The maximum atomic E-state index is 12.6. The molecule has 0 aromatic carbocycles. The third kappa shape index (κ3) is 2.43. The molecule has 3 fully saturated rings. The number of rotatable bonds is 4. The summed E-state index contributed by atoms with van der Waals surface area (Å²) in [6.07, 6.45) is 5.79. The van der Waals surface area contributed by atoms with Crippen LogP contribution in [0.2, 0.25) is 0 Å². The van der Waals surface area contributed by atoms with Crippen molar-refractivity contribution in [1.82, 2.24) is 0 Å². The predicted molar refractivity (Wildman–Crippen MR) is 79.3 cm³/mol. The number of hydrogen-bond donors (Lipinski definition) is 0. The van der Waals surface area contributed by atoms with E-state index in [1.54, 1.807) is 11.8 Å². The Bertz CT molecular complexity index is 443. The fraction of sp³-hybridized carbons (Fsp3) is 0.750. The zero-order chi connectivity index (χ0) is 14.1.